The number of hydrogen-bond donors (Lipinski definition) is 3. The van der Waals surface area contributed by atoms with Crippen LogP contribution in [0.15, 0.2) is 42.5 Å². The van der Waals surface area contributed by atoms with Crippen molar-refractivity contribution in [2.24, 2.45) is 5.73 Å². The van der Waals surface area contributed by atoms with E-state index >= 15 is 0 Å². The number of amides is 1. The summed E-state index contributed by atoms with van der Waals surface area (Å²) in [5.74, 6) is 5.68. The Balaban J connectivity index is 2.14. The highest BCUT2D eigenvalue weighted by Crippen LogP contribution is 2.16. The highest BCUT2D eigenvalue weighted by atomic mass is 16.3. The lowest BCUT2D eigenvalue weighted by molar-refractivity contribution is 0.102. The number of phenolic OH excluding ortho intramolecular Hbond substituents is 1. The van der Waals surface area contributed by atoms with Gasteiger partial charge >= 0.3 is 0 Å². The first-order valence-electron chi connectivity index (χ1n) is 6.50. The van der Waals surface area contributed by atoms with Crippen molar-refractivity contribution < 1.29 is 9.90 Å². The fraction of sp³-hybridized carbons (Fsp3) is 0.118. The van der Waals surface area contributed by atoms with E-state index in [-0.39, 0.29) is 11.7 Å². The first-order valence-corrected chi connectivity index (χ1v) is 6.50. The van der Waals surface area contributed by atoms with E-state index in [0.717, 1.165) is 11.1 Å². The molecule has 0 aromatic heterocycles. The van der Waals surface area contributed by atoms with Crippen LogP contribution < -0.4 is 11.1 Å². The monoisotopic (exact) mass is 280 g/mol. The summed E-state index contributed by atoms with van der Waals surface area (Å²) < 4.78 is 0. The summed E-state index contributed by atoms with van der Waals surface area (Å²) in [4.78, 5) is 12.1. The molecule has 0 aliphatic carbocycles. The summed E-state index contributed by atoms with van der Waals surface area (Å²) in [6.45, 7) is 2.25. The van der Waals surface area contributed by atoms with Gasteiger partial charge in [-0.2, -0.15) is 0 Å². The van der Waals surface area contributed by atoms with Crippen LogP contribution >= 0.6 is 0 Å². The summed E-state index contributed by atoms with van der Waals surface area (Å²) in [6.07, 6.45) is 0. The Labute approximate surface area is 123 Å². The molecule has 0 fully saturated rings. The van der Waals surface area contributed by atoms with Crippen LogP contribution in [0, 0.1) is 18.8 Å². The van der Waals surface area contributed by atoms with Gasteiger partial charge in [0.2, 0.25) is 0 Å². The number of rotatable bonds is 2. The molecule has 0 heterocycles. The lowest BCUT2D eigenvalue weighted by Gasteiger charge is -2.07. The summed E-state index contributed by atoms with van der Waals surface area (Å²) in [7, 11) is 0. The van der Waals surface area contributed by atoms with Crippen molar-refractivity contribution in [1.82, 2.24) is 0 Å². The van der Waals surface area contributed by atoms with Gasteiger partial charge in [0.05, 0.1) is 6.54 Å². The lowest BCUT2D eigenvalue weighted by Crippen LogP contribution is -2.11. The van der Waals surface area contributed by atoms with Crippen molar-refractivity contribution in [3.05, 3.63) is 59.2 Å². The van der Waals surface area contributed by atoms with E-state index in [1.807, 2.05) is 19.1 Å². The van der Waals surface area contributed by atoms with Crippen LogP contribution in [0.5, 0.6) is 5.75 Å². The fourth-order valence-corrected chi connectivity index (χ4v) is 1.84. The van der Waals surface area contributed by atoms with Gasteiger partial charge < -0.3 is 16.2 Å². The van der Waals surface area contributed by atoms with E-state index in [1.54, 1.807) is 18.2 Å². The van der Waals surface area contributed by atoms with Gasteiger partial charge in [0, 0.05) is 16.8 Å². The Kier molecular flexibility index (Phi) is 4.60. The number of carbonyl (C=O) groups excluding carboxylic acids is 1. The molecule has 106 valence electrons. The number of benzene rings is 2. The first kappa shape index (κ1) is 14.6. The van der Waals surface area contributed by atoms with Crippen molar-refractivity contribution in [2.75, 3.05) is 11.9 Å². The Morgan fingerprint density at radius 3 is 2.57 bits per heavy atom. The molecule has 0 bridgehead atoms. The van der Waals surface area contributed by atoms with Crippen LogP contribution in [-0.2, 0) is 0 Å². The molecule has 0 saturated heterocycles. The molecule has 4 nitrogen and oxygen atoms in total. The molecule has 2 aromatic rings. The van der Waals surface area contributed by atoms with Crippen molar-refractivity contribution in [3.8, 4) is 17.6 Å². The molecular formula is C17H16N2O2. The molecule has 21 heavy (non-hydrogen) atoms. The molecule has 4 heteroatoms. The first-order chi connectivity index (χ1) is 10.1. The van der Waals surface area contributed by atoms with E-state index in [4.69, 9.17) is 5.73 Å². The standard InChI is InChI=1S/C17H16N2O2/c1-12-11-15(7-4-13(12)3-2-10-18)19-17(21)14-5-8-16(20)9-6-14/h4-9,11,20H,10,18H2,1H3,(H,19,21). The maximum absolute atomic E-state index is 12.1. The van der Waals surface area contributed by atoms with Gasteiger partial charge in [-0.15, -0.1) is 0 Å². The van der Waals surface area contributed by atoms with E-state index in [9.17, 15) is 9.90 Å². The Hall–Kier alpha value is -2.77. The number of aryl methyl sites for hydroxylation is 1. The van der Waals surface area contributed by atoms with E-state index in [2.05, 4.69) is 17.2 Å². The Morgan fingerprint density at radius 1 is 1.24 bits per heavy atom. The molecule has 2 aromatic carbocycles. The molecule has 0 aliphatic rings. The number of nitrogens with two attached hydrogens (primary N) is 1. The number of aromatic hydroxyl groups is 1. The van der Waals surface area contributed by atoms with Crippen LogP contribution in [0.25, 0.3) is 0 Å². The van der Waals surface area contributed by atoms with Gasteiger partial charge in [-0.05, 0) is 55.0 Å². The second-order valence-electron chi connectivity index (χ2n) is 4.54. The summed E-state index contributed by atoms with van der Waals surface area (Å²) in [5.41, 5.74) is 8.39. The van der Waals surface area contributed by atoms with E-state index < -0.39 is 0 Å². The zero-order valence-electron chi connectivity index (χ0n) is 11.7. The molecule has 0 aliphatic heterocycles. The molecule has 0 atom stereocenters. The number of carbonyl (C=O) groups is 1. The zero-order chi connectivity index (χ0) is 15.2. The third-order valence-corrected chi connectivity index (χ3v) is 2.94. The highest BCUT2D eigenvalue weighted by Gasteiger charge is 2.06. The van der Waals surface area contributed by atoms with Crippen molar-refractivity contribution >= 4 is 11.6 Å². The van der Waals surface area contributed by atoms with Crippen LogP contribution in [0.4, 0.5) is 5.69 Å². The minimum atomic E-state index is -0.227. The molecule has 4 N–H and O–H groups in total. The third kappa shape index (κ3) is 3.85. The van der Waals surface area contributed by atoms with Gasteiger partial charge in [-0.25, -0.2) is 0 Å². The molecule has 2 rings (SSSR count). The number of phenols is 1. The maximum atomic E-state index is 12.1. The maximum Gasteiger partial charge on any atom is 0.255 e. The molecule has 0 unspecified atom stereocenters. The third-order valence-electron chi connectivity index (χ3n) is 2.94. The zero-order valence-corrected chi connectivity index (χ0v) is 11.7. The molecule has 1 amide bonds. The van der Waals surface area contributed by atoms with Crippen molar-refractivity contribution in [1.29, 1.82) is 0 Å². The van der Waals surface area contributed by atoms with Gasteiger partial charge in [0.1, 0.15) is 5.75 Å². The minimum absolute atomic E-state index is 0.130. The van der Waals surface area contributed by atoms with Crippen LogP contribution in [0.1, 0.15) is 21.5 Å². The van der Waals surface area contributed by atoms with Gasteiger partial charge in [-0.1, -0.05) is 11.8 Å². The average Bonchev–Trinajstić information content (AvgIpc) is 2.47. The predicted molar refractivity (Wildman–Crippen MR) is 83.2 cm³/mol. The SMILES string of the molecule is Cc1cc(NC(=O)c2ccc(O)cc2)ccc1C#CCN. The fourth-order valence-electron chi connectivity index (χ4n) is 1.84. The van der Waals surface area contributed by atoms with E-state index in [0.29, 0.717) is 17.8 Å². The minimum Gasteiger partial charge on any atom is -0.508 e. The Morgan fingerprint density at radius 2 is 1.95 bits per heavy atom. The van der Waals surface area contributed by atoms with Crippen LogP contribution in [0.2, 0.25) is 0 Å². The van der Waals surface area contributed by atoms with Crippen molar-refractivity contribution in [2.45, 2.75) is 6.92 Å². The normalized spacial score (nSPS) is 9.62. The van der Waals surface area contributed by atoms with Gasteiger partial charge in [0.15, 0.2) is 0 Å². The second kappa shape index (κ2) is 6.60. The molecule has 0 radical (unpaired) electrons. The average molecular weight is 280 g/mol. The highest BCUT2D eigenvalue weighted by molar-refractivity contribution is 6.04. The smallest absolute Gasteiger partial charge is 0.255 e. The van der Waals surface area contributed by atoms with Crippen LogP contribution in [0.3, 0.4) is 0 Å². The van der Waals surface area contributed by atoms with E-state index in [1.165, 1.54) is 12.1 Å². The number of hydrogen-bond acceptors (Lipinski definition) is 3. The predicted octanol–water partition coefficient (Wildman–Crippen LogP) is 2.26. The number of nitrogens with one attached hydrogen (secondary N) is 1. The molecular weight excluding hydrogens is 264 g/mol. The summed E-state index contributed by atoms with van der Waals surface area (Å²) in [6, 6.07) is 11.6. The largest absolute Gasteiger partial charge is 0.508 e. The van der Waals surface area contributed by atoms with Crippen molar-refractivity contribution in [3.63, 3.8) is 0 Å². The topological polar surface area (TPSA) is 75.3 Å². The van der Waals surface area contributed by atoms with Gasteiger partial charge in [0.25, 0.3) is 5.91 Å². The quantitative estimate of drug-likeness (QED) is 0.739. The van der Waals surface area contributed by atoms with Gasteiger partial charge in [-0.3, -0.25) is 4.79 Å². The second-order valence-corrected chi connectivity index (χ2v) is 4.54. The van der Waals surface area contributed by atoms with Crippen LogP contribution in [-0.4, -0.2) is 17.6 Å². The summed E-state index contributed by atoms with van der Waals surface area (Å²) >= 11 is 0. The Bertz CT molecular complexity index is 710. The number of anilines is 1. The lowest BCUT2D eigenvalue weighted by atomic mass is 10.1. The molecule has 0 spiro atoms. The summed E-state index contributed by atoms with van der Waals surface area (Å²) in [5, 5.41) is 12.0. The molecule has 0 saturated carbocycles.